The first-order chi connectivity index (χ1) is 5.45. The van der Waals surface area contributed by atoms with Crippen LogP contribution in [0.2, 0.25) is 0 Å². The SMILES string of the molecule is NC1CCCC1.OCC(F)(F)F. The van der Waals surface area contributed by atoms with Crippen molar-refractivity contribution in [3.8, 4) is 0 Å². The van der Waals surface area contributed by atoms with Gasteiger partial charge in [0.15, 0.2) is 0 Å². The number of hydrogen-bond donors (Lipinski definition) is 2. The van der Waals surface area contributed by atoms with Crippen molar-refractivity contribution in [2.24, 2.45) is 5.73 Å². The van der Waals surface area contributed by atoms with Gasteiger partial charge in [0, 0.05) is 6.04 Å². The molecule has 0 spiro atoms. The maximum atomic E-state index is 10.5. The zero-order chi connectivity index (χ0) is 9.61. The Morgan fingerprint density at radius 1 is 1.25 bits per heavy atom. The second-order valence-corrected chi connectivity index (χ2v) is 2.82. The predicted octanol–water partition coefficient (Wildman–Crippen LogP) is 1.43. The van der Waals surface area contributed by atoms with Crippen LogP contribution in [0, 0.1) is 0 Å². The van der Waals surface area contributed by atoms with E-state index in [1.165, 1.54) is 25.7 Å². The van der Waals surface area contributed by atoms with Crippen molar-refractivity contribution in [2.75, 3.05) is 6.61 Å². The van der Waals surface area contributed by atoms with Crippen LogP contribution in [0.3, 0.4) is 0 Å². The van der Waals surface area contributed by atoms with Gasteiger partial charge < -0.3 is 10.8 Å². The van der Waals surface area contributed by atoms with E-state index >= 15 is 0 Å². The van der Waals surface area contributed by atoms with Gasteiger partial charge in [0.1, 0.15) is 6.61 Å². The molecule has 0 aromatic carbocycles. The minimum Gasteiger partial charge on any atom is -0.387 e. The second-order valence-electron chi connectivity index (χ2n) is 2.82. The summed E-state index contributed by atoms with van der Waals surface area (Å²) in [6, 6.07) is 0.546. The summed E-state index contributed by atoms with van der Waals surface area (Å²) in [6.45, 7) is -1.73. The fraction of sp³-hybridized carbons (Fsp3) is 1.00. The first-order valence-electron chi connectivity index (χ1n) is 3.89. The van der Waals surface area contributed by atoms with Crippen LogP contribution >= 0.6 is 0 Å². The largest absolute Gasteiger partial charge is 0.411 e. The van der Waals surface area contributed by atoms with Crippen LogP contribution < -0.4 is 5.73 Å². The van der Waals surface area contributed by atoms with Crippen molar-refractivity contribution in [2.45, 2.75) is 37.9 Å². The maximum Gasteiger partial charge on any atom is 0.411 e. The van der Waals surface area contributed by atoms with Crippen molar-refractivity contribution in [3.05, 3.63) is 0 Å². The highest BCUT2D eigenvalue weighted by atomic mass is 19.4. The molecule has 0 aromatic rings. The van der Waals surface area contributed by atoms with Crippen molar-refractivity contribution in [1.29, 1.82) is 0 Å². The highest BCUT2D eigenvalue weighted by molar-refractivity contribution is 4.67. The van der Waals surface area contributed by atoms with Gasteiger partial charge in [-0.05, 0) is 12.8 Å². The fourth-order valence-electron chi connectivity index (χ4n) is 0.957. The molecule has 0 bridgehead atoms. The molecular formula is C7H14F3NO. The zero-order valence-corrected chi connectivity index (χ0v) is 6.77. The van der Waals surface area contributed by atoms with Gasteiger partial charge in [0.2, 0.25) is 0 Å². The first kappa shape index (κ1) is 11.7. The highest BCUT2D eigenvalue weighted by Crippen LogP contribution is 2.14. The van der Waals surface area contributed by atoms with Gasteiger partial charge in [-0.1, -0.05) is 12.8 Å². The summed E-state index contributed by atoms with van der Waals surface area (Å²) in [5.41, 5.74) is 5.53. The van der Waals surface area contributed by atoms with Crippen LogP contribution in [0.15, 0.2) is 0 Å². The Kier molecular flexibility index (Phi) is 5.24. The van der Waals surface area contributed by atoms with E-state index < -0.39 is 12.8 Å². The lowest BCUT2D eigenvalue weighted by Gasteiger charge is -1.95. The Bertz CT molecular complexity index is 110. The zero-order valence-electron chi connectivity index (χ0n) is 6.77. The molecule has 0 radical (unpaired) electrons. The fourth-order valence-corrected chi connectivity index (χ4v) is 0.957. The van der Waals surface area contributed by atoms with E-state index in [-0.39, 0.29) is 0 Å². The van der Waals surface area contributed by atoms with Crippen LogP contribution in [0.5, 0.6) is 0 Å². The van der Waals surface area contributed by atoms with E-state index in [1.54, 1.807) is 0 Å². The average molecular weight is 185 g/mol. The molecule has 0 unspecified atom stereocenters. The molecule has 0 aromatic heterocycles. The lowest BCUT2D eigenvalue weighted by Crippen LogP contribution is -2.13. The topological polar surface area (TPSA) is 46.2 Å². The van der Waals surface area contributed by atoms with Gasteiger partial charge >= 0.3 is 6.18 Å². The molecule has 1 fully saturated rings. The molecule has 5 heteroatoms. The third kappa shape index (κ3) is 7.81. The van der Waals surface area contributed by atoms with Crippen molar-refractivity contribution < 1.29 is 18.3 Å². The molecule has 0 aliphatic heterocycles. The Morgan fingerprint density at radius 2 is 1.58 bits per heavy atom. The maximum absolute atomic E-state index is 10.5. The van der Waals surface area contributed by atoms with E-state index in [0.717, 1.165) is 0 Å². The van der Waals surface area contributed by atoms with Crippen molar-refractivity contribution in [1.82, 2.24) is 0 Å². The minimum absolute atomic E-state index is 0.546. The van der Waals surface area contributed by atoms with Gasteiger partial charge in [-0.3, -0.25) is 0 Å². The van der Waals surface area contributed by atoms with Gasteiger partial charge in [-0.15, -0.1) is 0 Å². The molecule has 2 nitrogen and oxygen atoms in total. The summed E-state index contributed by atoms with van der Waals surface area (Å²) >= 11 is 0. The molecule has 1 rings (SSSR count). The predicted molar refractivity (Wildman–Crippen MR) is 39.6 cm³/mol. The molecule has 3 N–H and O–H groups in total. The van der Waals surface area contributed by atoms with Crippen LogP contribution in [-0.2, 0) is 0 Å². The van der Waals surface area contributed by atoms with Crippen LogP contribution in [-0.4, -0.2) is 23.9 Å². The van der Waals surface area contributed by atoms with Gasteiger partial charge in [-0.2, -0.15) is 13.2 Å². The average Bonchev–Trinajstić information content (AvgIpc) is 2.39. The van der Waals surface area contributed by atoms with E-state index in [9.17, 15) is 13.2 Å². The summed E-state index contributed by atoms with van der Waals surface area (Å²) in [5, 5.41) is 7.28. The van der Waals surface area contributed by atoms with E-state index in [4.69, 9.17) is 10.8 Å². The van der Waals surface area contributed by atoms with Crippen LogP contribution in [0.1, 0.15) is 25.7 Å². The molecule has 1 aliphatic rings. The van der Waals surface area contributed by atoms with Crippen LogP contribution in [0.25, 0.3) is 0 Å². The summed E-state index contributed by atoms with van der Waals surface area (Å²) in [4.78, 5) is 0. The van der Waals surface area contributed by atoms with Gasteiger partial charge in [0.25, 0.3) is 0 Å². The number of halogens is 3. The van der Waals surface area contributed by atoms with Crippen molar-refractivity contribution in [3.63, 3.8) is 0 Å². The molecule has 1 aliphatic carbocycles. The number of aliphatic hydroxyl groups is 1. The summed E-state index contributed by atoms with van der Waals surface area (Å²) in [5.74, 6) is 0. The molecule has 74 valence electrons. The first-order valence-corrected chi connectivity index (χ1v) is 3.89. The van der Waals surface area contributed by atoms with Crippen LogP contribution in [0.4, 0.5) is 13.2 Å². The molecule has 0 atom stereocenters. The van der Waals surface area contributed by atoms with Crippen molar-refractivity contribution >= 4 is 0 Å². The Labute approximate surface area is 69.6 Å². The quantitative estimate of drug-likeness (QED) is 0.599. The number of rotatable bonds is 0. The lowest BCUT2D eigenvalue weighted by molar-refractivity contribution is -0.159. The Morgan fingerprint density at radius 3 is 1.67 bits per heavy atom. The standard InChI is InChI=1S/C5H11N.C2H3F3O/c6-5-3-1-2-4-5;3-2(4,5)1-6/h5H,1-4,6H2;6H,1H2. The minimum atomic E-state index is -4.40. The number of nitrogens with two attached hydrogens (primary N) is 1. The van der Waals surface area contributed by atoms with Gasteiger partial charge in [0.05, 0.1) is 0 Å². The van der Waals surface area contributed by atoms with Gasteiger partial charge in [-0.25, -0.2) is 0 Å². The van der Waals surface area contributed by atoms with E-state index in [1.807, 2.05) is 0 Å². The third-order valence-electron chi connectivity index (χ3n) is 1.58. The molecule has 1 saturated carbocycles. The van der Waals surface area contributed by atoms with E-state index in [2.05, 4.69) is 0 Å². The number of aliphatic hydroxyl groups excluding tert-OH is 1. The second kappa shape index (κ2) is 5.37. The smallest absolute Gasteiger partial charge is 0.387 e. The molecule has 0 amide bonds. The van der Waals surface area contributed by atoms with E-state index in [0.29, 0.717) is 6.04 Å². The third-order valence-corrected chi connectivity index (χ3v) is 1.58. The highest BCUT2D eigenvalue weighted by Gasteiger charge is 2.24. The number of alkyl halides is 3. The number of hydrogen-bond acceptors (Lipinski definition) is 2. The lowest BCUT2D eigenvalue weighted by atomic mass is 10.3. The molecule has 12 heavy (non-hydrogen) atoms. The molecule has 0 saturated heterocycles. The molecular weight excluding hydrogens is 171 g/mol. The Balaban J connectivity index is 0.000000202. The Hall–Kier alpha value is -0.290. The molecule has 0 heterocycles. The summed E-state index contributed by atoms with van der Waals surface area (Å²) in [6.07, 6.45) is 0.850. The summed E-state index contributed by atoms with van der Waals surface area (Å²) in [7, 11) is 0. The normalized spacial score (nSPS) is 18.8. The summed E-state index contributed by atoms with van der Waals surface area (Å²) < 4.78 is 31.6. The monoisotopic (exact) mass is 185 g/mol.